The highest BCUT2D eigenvalue weighted by molar-refractivity contribution is 6.46. The van der Waals surface area contributed by atoms with E-state index in [0.29, 0.717) is 0 Å². The minimum absolute atomic E-state index is 0.571. The van der Waals surface area contributed by atoms with E-state index in [-0.39, 0.29) is 0 Å². The summed E-state index contributed by atoms with van der Waals surface area (Å²) in [7, 11) is -0.571. The number of hydrogen-bond acceptors (Lipinski definition) is 0. The van der Waals surface area contributed by atoms with E-state index in [0.717, 1.165) is 10.8 Å². The Hall–Kier alpha value is -0.633. The SMILES string of the molecule is Cc1ccccc1[Si]F. The Morgan fingerprint density at radius 3 is 2.44 bits per heavy atom. The third-order valence-corrected chi connectivity index (χ3v) is 2.01. The summed E-state index contributed by atoms with van der Waals surface area (Å²) in [5, 5.41) is 0.817. The molecule has 0 aliphatic heterocycles. The summed E-state index contributed by atoms with van der Waals surface area (Å²) in [5.41, 5.74) is 1.04. The lowest BCUT2D eigenvalue weighted by molar-refractivity contribution is 0.884. The predicted molar refractivity (Wildman–Crippen MR) is 37.7 cm³/mol. The molecule has 0 nitrogen and oxygen atoms in total. The second-order valence-corrected chi connectivity index (χ2v) is 2.64. The summed E-state index contributed by atoms with van der Waals surface area (Å²) in [5.74, 6) is 0. The van der Waals surface area contributed by atoms with Gasteiger partial charge in [-0.2, -0.15) is 0 Å². The van der Waals surface area contributed by atoms with Gasteiger partial charge in [-0.1, -0.05) is 24.3 Å². The molecule has 0 aliphatic carbocycles. The molecule has 9 heavy (non-hydrogen) atoms. The van der Waals surface area contributed by atoms with Gasteiger partial charge in [-0.3, -0.25) is 0 Å². The monoisotopic (exact) mass is 138 g/mol. The standard InChI is InChI=1S/C7H7FSi/c1-6-4-2-3-5-7(6)9-8/h2-5H,1H3. The predicted octanol–water partition coefficient (Wildman–Crippen LogP) is 1.21. The summed E-state index contributed by atoms with van der Waals surface area (Å²) in [6, 6.07) is 7.50. The Morgan fingerprint density at radius 2 is 2.00 bits per heavy atom. The van der Waals surface area contributed by atoms with Crippen molar-refractivity contribution in [2.24, 2.45) is 0 Å². The molecule has 0 bridgehead atoms. The second kappa shape index (κ2) is 2.78. The molecule has 0 N–H and O–H groups in total. The first-order valence-electron chi connectivity index (χ1n) is 2.77. The molecule has 2 heteroatoms. The molecule has 46 valence electrons. The van der Waals surface area contributed by atoms with Crippen molar-refractivity contribution in [2.45, 2.75) is 6.92 Å². The zero-order valence-electron chi connectivity index (χ0n) is 5.19. The van der Waals surface area contributed by atoms with E-state index in [1.54, 1.807) is 0 Å². The summed E-state index contributed by atoms with van der Waals surface area (Å²) in [4.78, 5) is 0. The van der Waals surface area contributed by atoms with Crippen LogP contribution >= 0.6 is 0 Å². The normalized spacial score (nSPS) is 9.56. The Bertz CT molecular complexity index is 198. The van der Waals surface area contributed by atoms with Crippen molar-refractivity contribution in [2.75, 3.05) is 0 Å². The van der Waals surface area contributed by atoms with E-state index in [1.807, 2.05) is 31.2 Å². The van der Waals surface area contributed by atoms with Crippen molar-refractivity contribution < 1.29 is 4.11 Å². The van der Waals surface area contributed by atoms with Gasteiger partial charge in [0.15, 0.2) is 0 Å². The van der Waals surface area contributed by atoms with E-state index < -0.39 is 9.85 Å². The third-order valence-electron chi connectivity index (χ3n) is 1.25. The first-order valence-corrected chi connectivity index (χ1v) is 3.64. The van der Waals surface area contributed by atoms with Crippen LogP contribution in [0.15, 0.2) is 24.3 Å². The van der Waals surface area contributed by atoms with Crippen LogP contribution in [0.5, 0.6) is 0 Å². The minimum Gasteiger partial charge on any atom is -0.308 e. The zero-order valence-corrected chi connectivity index (χ0v) is 6.19. The van der Waals surface area contributed by atoms with Crippen LogP contribution in [-0.4, -0.2) is 9.85 Å². The zero-order chi connectivity index (χ0) is 6.69. The van der Waals surface area contributed by atoms with Crippen LogP contribution in [0, 0.1) is 6.92 Å². The molecule has 0 unspecified atom stereocenters. The molecule has 0 atom stereocenters. The van der Waals surface area contributed by atoms with Gasteiger partial charge < -0.3 is 4.11 Å². The molecular weight excluding hydrogens is 131 g/mol. The van der Waals surface area contributed by atoms with E-state index in [1.165, 1.54) is 0 Å². The molecule has 0 aliphatic rings. The van der Waals surface area contributed by atoms with E-state index >= 15 is 0 Å². The average molecular weight is 138 g/mol. The molecular formula is C7H7FSi. The quantitative estimate of drug-likeness (QED) is 0.404. The number of aryl methyl sites for hydroxylation is 1. The van der Waals surface area contributed by atoms with Gasteiger partial charge in [0.25, 0.3) is 0 Å². The topological polar surface area (TPSA) is 0 Å². The van der Waals surface area contributed by atoms with Crippen molar-refractivity contribution in [1.29, 1.82) is 0 Å². The van der Waals surface area contributed by atoms with Gasteiger partial charge in [-0.05, 0) is 17.7 Å². The van der Waals surface area contributed by atoms with E-state index in [9.17, 15) is 4.11 Å². The van der Waals surface area contributed by atoms with Crippen molar-refractivity contribution in [3.8, 4) is 0 Å². The third kappa shape index (κ3) is 1.39. The number of hydrogen-bond donors (Lipinski definition) is 0. The highest BCUT2D eigenvalue weighted by Gasteiger charge is 1.95. The summed E-state index contributed by atoms with van der Waals surface area (Å²) in [6.45, 7) is 1.92. The maximum Gasteiger partial charge on any atom is 0.333 e. The van der Waals surface area contributed by atoms with Gasteiger partial charge in [-0.15, -0.1) is 0 Å². The smallest absolute Gasteiger partial charge is 0.308 e. The second-order valence-electron chi connectivity index (χ2n) is 1.91. The van der Waals surface area contributed by atoms with Crippen molar-refractivity contribution in [3.05, 3.63) is 29.8 Å². The highest BCUT2D eigenvalue weighted by atomic mass is 28.3. The molecule has 1 aromatic rings. The maximum atomic E-state index is 12.0. The Labute approximate surface area is 56.7 Å². The summed E-state index contributed by atoms with van der Waals surface area (Å²) in [6.07, 6.45) is 0. The Kier molecular flexibility index (Phi) is 2.00. The van der Waals surface area contributed by atoms with Crippen LogP contribution in [-0.2, 0) is 0 Å². The fourth-order valence-electron chi connectivity index (χ4n) is 0.679. The number of benzene rings is 1. The van der Waals surface area contributed by atoms with Crippen LogP contribution in [0.25, 0.3) is 0 Å². The largest absolute Gasteiger partial charge is 0.333 e. The van der Waals surface area contributed by atoms with Crippen LogP contribution in [0.3, 0.4) is 0 Å². The maximum absolute atomic E-state index is 12.0. The number of rotatable bonds is 1. The van der Waals surface area contributed by atoms with E-state index in [2.05, 4.69) is 0 Å². The fourth-order valence-corrected chi connectivity index (χ4v) is 1.07. The Morgan fingerprint density at radius 1 is 1.33 bits per heavy atom. The summed E-state index contributed by atoms with van der Waals surface area (Å²) < 4.78 is 12.0. The van der Waals surface area contributed by atoms with Crippen LogP contribution in [0.2, 0.25) is 0 Å². The van der Waals surface area contributed by atoms with Crippen LogP contribution in [0.1, 0.15) is 5.56 Å². The molecule has 1 rings (SSSR count). The first kappa shape index (κ1) is 6.49. The van der Waals surface area contributed by atoms with Gasteiger partial charge in [-0.25, -0.2) is 0 Å². The molecule has 0 amide bonds. The average Bonchev–Trinajstić information content (AvgIpc) is 1.89. The molecule has 0 saturated heterocycles. The molecule has 0 heterocycles. The first-order chi connectivity index (χ1) is 4.34. The molecule has 0 saturated carbocycles. The fraction of sp³-hybridized carbons (Fsp3) is 0.143. The Balaban J connectivity index is 3.01. The highest BCUT2D eigenvalue weighted by Crippen LogP contribution is 1.91. The number of halogens is 1. The van der Waals surface area contributed by atoms with Gasteiger partial charge in [0, 0.05) is 0 Å². The van der Waals surface area contributed by atoms with Crippen molar-refractivity contribution in [3.63, 3.8) is 0 Å². The lowest BCUT2D eigenvalue weighted by atomic mass is 10.2. The van der Waals surface area contributed by atoms with Crippen molar-refractivity contribution in [1.82, 2.24) is 0 Å². The van der Waals surface area contributed by atoms with Crippen LogP contribution in [0.4, 0.5) is 4.11 Å². The van der Waals surface area contributed by atoms with Gasteiger partial charge in [0.05, 0.1) is 0 Å². The molecule has 0 spiro atoms. The van der Waals surface area contributed by atoms with Crippen molar-refractivity contribution >= 4 is 15.0 Å². The molecule has 1 aromatic carbocycles. The molecule has 0 fully saturated rings. The van der Waals surface area contributed by atoms with Gasteiger partial charge in [0.2, 0.25) is 0 Å². The minimum atomic E-state index is -0.571. The summed E-state index contributed by atoms with van der Waals surface area (Å²) >= 11 is 0. The van der Waals surface area contributed by atoms with Gasteiger partial charge in [0.1, 0.15) is 0 Å². The molecule has 2 radical (unpaired) electrons. The molecule has 0 aromatic heterocycles. The van der Waals surface area contributed by atoms with Gasteiger partial charge >= 0.3 is 9.85 Å². The lowest BCUT2D eigenvalue weighted by Crippen LogP contribution is -2.12. The lowest BCUT2D eigenvalue weighted by Gasteiger charge is -1.94. The van der Waals surface area contributed by atoms with E-state index in [4.69, 9.17) is 0 Å². The van der Waals surface area contributed by atoms with Crippen LogP contribution < -0.4 is 5.19 Å².